The van der Waals surface area contributed by atoms with Crippen LogP contribution in [0.5, 0.6) is 0 Å². The molecule has 3 aliphatic rings. The zero-order valence-corrected chi connectivity index (χ0v) is 19.5. The van der Waals surface area contributed by atoms with Crippen molar-refractivity contribution in [1.29, 1.82) is 5.26 Å². The number of nitriles is 1. The number of benzene rings is 2. The molecule has 5 heteroatoms. The maximum atomic E-state index is 8.95. The van der Waals surface area contributed by atoms with Crippen LogP contribution in [-0.2, 0) is 12.8 Å². The third kappa shape index (κ3) is 4.67. The van der Waals surface area contributed by atoms with Gasteiger partial charge in [0, 0.05) is 37.9 Å². The van der Waals surface area contributed by atoms with E-state index in [1.807, 2.05) is 24.3 Å². The molecular formula is C27H32N4S. The normalized spacial score (nSPS) is 20.0. The lowest BCUT2D eigenvalue weighted by atomic mass is 9.87. The topological polar surface area (TPSA) is 42.3 Å². The minimum absolute atomic E-state index is 0.625. The van der Waals surface area contributed by atoms with E-state index in [4.69, 9.17) is 17.5 Å². The first-order valence-corrected chi connectivity index (χ1v) is 12.5. The number of fused-ring (bicyclic) bond motifs is 1. The second-order valence-electron chi connectivity index (χ2n) is 9.53. The van der Waals surface area contributed by atoms with Crippen LogP contribution in [0.4, 0.5) is 5.69 Å². The average molecular weight is 445 g/mol. The van der Waals surface area contributed by atoms with Gasteiger partial charge in [0.2, 0.25) is 0 Å². The van der Waals surface area contributed by atoms with Crippen LogP contribution in [0.2, 0.25) is 0 Å². The van der Waals surface area contributed by atoms with E-state index >= 15 is 0 Å². The van der Waals surface area contributed by atoms with Gasteiger partial charge in [-0.25, -0.2) is 0 Å². The Hall–Kier alpha value is -2.42. The molecule has 0 aromatic heterocycles. The minimum atomic E-state index is 0.625. The molecule has 1 N–H and O–H groups in total. The van der Waals surface area contributed by atoms with Gasteiger partial charge in [-0.15, -0.1) is 0 Å². The predicted molar refractivity (Wildman–Crippen MR) is 134 cm³/mol. The molecule has 0 atom stereocenters. The van der Waals surface area contributed by atoms with Crippen molar-refractivity contribution in [1.82, 2.24) is 9.80 Å². The zero-order valence-electron chi connectivity index (χ0n) is 18.7. The summed E-state index contributed by atoms with van der Waals surface area (Å²) in [5, 5.41) is 13.1. The van der Waals surface area contributed by atoms with Crippen LogP contribution >= 0.6 is 12.2 Å². The summed E-state index contributed by atoms with van der Waals surface area (Å²) in [5.74, 6) is 0.625. The van der Waals surface area contributed by atoms with Crippen LogP contribution in [-0.4, -0.2) is 47.1 Å². The molecule has 1 saturated carbocycles. The summed E-state index contributed by atoms with van der Waals surface area (Å²) in [6, 6.07) is 17.8. The van der Waals surface area contributed by atoms with Gasteiger partial charge in [0.25, 0.3) is 0 Å². The average Bonchev–Trinajstić information content (AvgIpc) is 3.01. The zero-order chi connectivity index (χ0) is 21.9. The standard InChI is InChI=1S/C27H32N4S/c28-19-20-4-8-25(9-5-20)29-27(32)31-16-11-22(12-17-31)23-7-6-21-10-14-30(26-2-1-3-26)15-13-24(21)18-23/h4-9,18,22,26H,1-3,10-17H2,(H,29,32). The van der Waals surface area contributed by atoms with Gasteiger partial charge in [0.05, 0.1) is 11.6 Å². The summed E-state index contributed by atoms with van der Waals surface area (Å²) in [4.78, 5) is 5.02. The van der Waals surface area contributed by atoms with Crippen molar-refractivity contribution in [2.75, 3.05) is 31.5 Å². The Morgan fingerprint density at radius 3 is 2.28 bits per heavy atom. The van der Waals surface area contributed by atoms with E-state index in [2.05, 4.69) is 39.4 Å². The Morgan fingerprint density at radius 2 is 1.62 bits per heavy atom. The minimum Gasteiger partial charge on any atom is -0.349 e. The van der Waals surface area contributed by atoms with Crippen LogP contribution in [0.3, 0.4) is 0 Å². The summed E-state index contributed by atoms with van der Waals surface area (Å²) < 4.78 is 0. The highest BCUT2D eigenvalue weighted by Crippen LogP contribution is 2.32. The molecule has 0 amide bonds. The van der Waals surface area contributed by atoms with Crippen LogP contribution < -0.4 is 5.32 Å². The molecular weight excluding hydrogens is 412 g/mol. The van der Waals surface area contributed by atoms with Crippen molar-refractivity contribution < 1.29 is 0 Å². The molecule has 2 fully saturated rings. The van der Waals surface area contributed by atoms with Gasteiger partial charge in [-0.1, -0.05) is 24.6 Å². The maximum absolute atomic E-state index is 8.95. The second kappa shape index (κ2) is 9.60. The number of thiocarbonyl (C=S) groups is 1. The smallest absolute Gasteiger partial charge is 0.173 e. The van der Waals surface area contributed by atoms with Crippen molar-refractivity contribution in [2.24, 2.45) is 0 Å². The van der Waals surface area contributed by atoms with Crippen molar-refractivity contribution in [3.05, 3.63) is 64.7 Å². The van der Waals surface area contributed by atoms with E-state index in [1.165, 1.54) is 50.8 Å². The van der Waals surface area contributed by atoms with E-state index in [-0.39, 0.29) is 0 Å². The van der Waals surface area contributed by atoms with E-state index < -0.39 is 0 Å². The Labute approximate surface area is 197 Å². The summed E-state index contributed by atoms with van der Waals surface area (Å²) in [7, 11) is 0. The first-order valence-electron chi connectivity index (χ1n) is 12.1. The van der Waals surface area contributed by atoms with Gasteiger partial charge in [-0.05, 0) is 97.6 Å². The number of nitrogens with zero attached hydrogens (tertiary/aromatic N) is 3. The quantitative estimate of drug-likeness (QED) is 0.668. The van der Waals surface area contributed by atoms with E-state index in [1.54, 1.807) is 11.1 Å². The number of nitrogens with one attached hydrogen (secondary N) is 1. The van der Waals surface area contributed by atoms with Crippen LogP contribution in [0.1, 0.15) is 60.3 Å². The highest BCUT2D eigenvalue weighted by molar-refractivity contribution is 7.80. The molecule has 0 bridgehead atoms. The molecule has 2 aromatic rings. The summed E-state index contributed by atoms with van der Waals surface area (Å²) in [6.45, 7) is 4.44. The SMILES string of the molecule is N#Cc1ccc(NC(=S)N2CCC(c3ccc4c(c3)CCN(C3CCC3)CC4)CC2)cc1. The van der Waals surface area contributed by atoms with Crippen molar-refractivity contribution in [3.8, 4) is 6.07 Å². The Morgan fingerprint density at radius 1 is 0.906 bits per heavy atom. The molecule has 2 heterocycles. The molecule has 0 spiro atoms. The highest BCUT2D eigenvalue weighted by Gasteiger charge is 2.27. The molecule has 166 valence electrons. The molecule has 0 unspecified atom stereocenters. The lowest BCUT2D eigenvalue weighted by Gasteiger charge is -2.36. The fourth-order valence-electron chi connectivity index (χ4n) is 5.38. The second-order valence-corrected chi connectivity index (χ2v) is 9.92. The number of piperidine rings is 1. The molecule has 5 rings (SSSR count). The largest absolute Gasteiger partial charge is 0.349 e. The third-order valence-corrected chi connectivity index (χ3v) is 8.04. The first kappa shape index (κ1) is 21.4. The lowest BCUT2D eigenvalue weighted by Crippen LogP contribution is -2.41. The van der Waals surface area contributed by atoms with Crippen LogP contribution in [0, 0.1) is 11.3 Å². The van der Waals surface area contributed by atoms with E-state index in [0.717, 1.165) is 42.8 Å². The maximum Gasteiger partial charge on any atom is 0.173 e. The number of hydrogen-bond donors (Lipinski definition) is 1. The summed E-state index contributed by atoms with van der Waals surface area (Å²) in [6.07, 6.45) is 8.93. The van der Waals surface area contributed by atoms with Gasteiger partial charge in [-0.2, -0.15) is 5.26 Å². The summed E-state index contributed by atoms with van der Waals surface area (Å²) in [5.41, 5.74) is 6.29. The number of likely N-dealkylation sites (tertiary alicyclic amines) is 1. The molecule has 1 saturated heterocycles. The Kier molecular flexibility index (Phi) is 6.43. The van der Waals surface area contributed by atoms with Gasteiger partial charge < -0.3 is 10.2 Å². The molecule has 2 aromatic carbocycles. The predicted octanol–water partition coefficient (Wildman–Crippen LogP) is 5.09. The number of hydrogen-bond acceptors (Lipinski definition) is 3. The van der Waals surface area contributed by atoms with E-state index in [9.17, 15) is 0 Å². The summed E-state index contributed by atoms with van der Waals surface area (Å²) >= 11 is 5.66. The molecule has 4 nitrogen and oxygen atoms in total. The first-order chi connectivity index (χ1) is 15.7. The van der Waals surface area contributed by atoms with Crippen LogP contribution in [0.25, 0.3) is 0 Å². The monoisotopic (exact) mass is 444 g/mol. The van der Waals surface area contributed by atoms with E-state index in [0.29, 0.717) is 11.5 Å². The van der Waals surface area contributed by atoms with Crippen molar-refractivity contribution in [3.63, 3.8) is 0 Å². The lowest BCUT2D eigenvalue weighted by molar-refractivity contribution is 0.133. The van der Waals surface area contributed by atoms with Gasteiger partial charge >= 0.3 is 0 Å². The van der Waals surface area contributed by atoms with Crippen molar-refractivity contribution in [2.45, 2.75) is 56.9 Å². The van der Waals surface area contributed by atoms with Crippen molar-refractivity contribution >= 4 is 23.0 Å². The number of anilines is 1. The molecule has 32 heavy (non-hydrogen) atoms. The molecule has 0 radical (unpaired) electrons. The Balaban J connectivity index is 1.16. The van der Waals surface area contributed by atoms with Gasteiger partial charge in [0.15, 0.2) is 5.11 Å². The number of rotatable bonds is 3. The highest BCUT2D eigenvalue weighted by atomic mass is 32.1. The molecule has 1 aliphatic carbocycles. The Bertz CT molecular complexity index is 997. The fraction of sp³-hybridized carbons (Fsp3) is 0.481. The fourth-order valence-corrected chi connectivity index (χ4v) is 5.68. The third-order valence-electron chi connectivity index (χ3n) is 7.68. The van der Waals surface area contributed by atoms with Crippen LogP contribution in [0.15, 0.2) is 42.5 Å². The molecule has 2 aliphatic heterocycles. The van der Waals surface area contributed by atoms with Gasteiger partial charge in [-0.3, -0.25) is 4.90 Å². The van der Waals surface area contributed by atoms with Gasteiger partial charge in [0.1, 0.15) is 0 Å².